The van der Waals surface area contributed by atoms with Crippen molar-refractivity contribution in [1.29, 1.82) is 0 Å². The third-order valence-corrected chi connectivity index (χ3v) is 2.22. The standard InChI is InChI=1S/C11H6F2O2/c12-11(13)8-5-9(14)6-3-1-2-4-7(6)10(8)15/h1-5,11H. The topological polar surface area (TPSA) is 34.1 Å². The number of Topliss-reactive ketones (excluding diaryl/α,β-unsaturated/α-hetero) is 1. The van der Waals surface area contributed by atoms with E-state index in [9.17, 15) is 18.4 Å². The molecular formula is C11H6F2O2. The van der Waals surface area contributed by atoms with E-state index < -0.39 is 23.6 Å². The molecule has 1 aromatic rings. The van der Waals surface area contributed by atoms with Gasteiger partial charge in [-0.1, -0.05) is 24.3 Å². The zero-order chi connectivity index (χ0) is 11.0. The molecule has 0 bridgehead atoms. The first kappa shape index (κ1) is 9.71. The van der Waals surface area contributed by atoms with E-state index in [2.05, 4.69) is 0 Å². The predicted octanol–water partition coefficient (Wildman–Crippen LogP) is 2.26. The van der Waals surface area contributed by atoms with Crippen LogP contribution in [0.4, 0.5) is 8.78 Å². The van der Waals surface area contributed by atoms with Crippen LogP contribution in [0.25, 0.3) is 0 Å². The van der Waals surface area contributed by atoms with Gasteiger partial charge in [-0.3, -0.25) is 9.59 Å². The summed E-state index contributed by atoms with van der Waals surface area (Å²) in [4.78, 5) is 22.9. The Bertz CT molecular complexity index is 475. The molecule has 4 heteroatoms. The van der Waals surface area contributed by atoms with Crippen molar-refractivity contribution in [2.75, 3.05) is 0 Å². The fourth-order valence-electron chi connectivity index (χ4n) is 1.50. The lowest BCUT2D eigenvalue weighted by Crippen LogP contribution is -2.20. The summed E-state index contributed by atoms with van der Waals surface area (Å²) in [6, 6.07) is 5.96. The van der Waals surface area contributed by atoms with E-state index >= 15 is 0 Å². The number of hydrogen-bond acceptors (Lipinski definition) is 2. The monoisotopic (exact) mass is 208 g/mol. The molecule has 1 aliphatic rings. The SMILES string of the molecule is O=C1C=C(C(F)F)C(=O)c2ccccc21. The predicted molar refractivity (Wildman–Crippen MR) is 49.2 cm³/mol. The lowest BCUT2D eigenvalue weighted by molar-refractivity contribution is 0.0931. The number of hydrogen-bond donors (Lipinski definition) is 0. The molecule has 0 saturated heterocycles. The van der Waals surface area contributed by atoms with Crippen molar-refractivity contribution in [3.63, 3.8) is 0 Å². The largest absolute Gasteiger partial charge is 0.289 e. The number of halogens is 2. The van der Waals surface area contributed by atoms with Crippen LogP contribution >= 0.6 is 0 Å². The van der Waals surface area contributed by atoms with Gasteiger partial charge in [-0.2, -0.15) is 0 Å². The maximum atomic E-state index is 12.4. The van der Waals surface area contributed by atoms with E-state index in [0.29, 0.717) is 0 Å². The highest BCUT2D eigenvalue weighted by molar-refractivity contribution is 6.24. The smallest absolute Gasteiger partial charge is 0.267 e. The van der Waals surface area contributed by atoms with Gasteiger partial charge in [-0.15, -0.1) is 0 Å². The second-order valence-corrected chi connectivity index (χ2v) is 3.14. The fourth-order valence-corrected chi connectivity index (χ4v) is 1.50. The quantitative estimate of drug-likeness (QED) is 0.709. The first-order chi connectivity index (χ1) is 7.11. The van der Waals surface area contributed by atoms with Crippen LogP contribution in [0.2, 0.25) is 0 Å². The van der Waals surface area contributed by atoms with Crippen molar-refractivity contribution >= 4 is 11.6 Å². The average Bonchev–Trinajstić information content (AvgIpc) is 2.23. The molecule has 1 aliphatic carbocycles. The van der Waals surface area contributed by atoms with Crippen molar-refractivity contribution in [3.8, 4) is 0 Å². The van der Waals surface area contributed by atoms with Crippen molar-refractivity contribution in [2.24, 2.45) is 0 Å². The first-order valence-corrected chi connectivity index (χ1v) is 4.29. The number of carbonyl (C=O) groups is 2. The molecule has 0 fully saturated rings. The summed E-state index contributed by atoms with van der Waals surface area (Å²) in [6.07, 6.45) is -2.19. The molecule has 0 saturated carbocycles. The molecule has 0 radical (unpaired) electrons. The second kappa shape index (κ2) is 3.38. The Morgan fingerprint density at radius 2 is 1.60 bits per heavy atom. The number of benzene rings is 1. The molecule has 0 N–H and O–H groups in total. The van der Waals surface area contributed by atoms with Crippen LogP contribution in [-0.2, 0) is 0 Å². The molecule has 0 atom stereocenters. The van der Waals surface area contributed by atoms with E-state index in [1.54, 1.807) is 12.1 Å². The highest BCUT2D eigenvalue weighted by Crippen LogP contribution is 2.24. The van der Waals surface area contributed by atoms with E-state index in [1.807, 2.05) is 0 Å². The molecule has 0 aromatic heterocycles. The van der Waals surface area contributed by atoms with Crippen molar-refractivity contribution < 1.29 is 18.4 Å². The van der Waals surface area contributed by atoms with Crippen LogP contribution in [-0.4, -0.2) is 18.0 Å². The maximum absolute atomic E-state index is 12.4. The van der Waals surface area contributed by atoms with Gasteiger partial charge >= 0.3 is 0 Å². The minimum atomic E-state index is -2.91. The summed E-state index contributed by atoms with van der Waals surface area (Å²) in [7, 11) is 0. The summed E-state index contributed by atoms with van der Waals surface area (Å²) < 4.78 is 24.8. The molecule has 15 heavy (non-hydrogen) atoms. The van der Waals surface area contributed by atoms with Gasteiger partial charge in [-0.05, 0) is 6.08 Å². The Kier molecular flexibility index (Phi) is 2.19. The van der Waals surface area contributed by atoms with Crippen LogP contribution < -0.4 is 0 Å². The molecule has 0 heterocycles. The molecule has 0 aliphatic heterocycles. The third-order valence-electron chi connectivity index (χ3n) is 2.22. The molecule has 1 aromatic carbocycles. The van der Waals surface area contributed by atoms with Gasteiger partial charge in [-0.25, -0.2) is 8.78 Å². The normalized spacial score (nSPS) is 15.3. The number of fused-ring (bicyclic) bond motifs is 1. The van der Waals surface area contributed by atoms with Crippen molar-refractivity contribution in [1.82, 2.24) is 0 Å². The molecule has 0 spiro atoms. The Morgan fingerprint density at radius 1 is 1.00 bits per heavy atom. The van der Waals surface area contributed by atoms with Crippen LogP contribution in [0.3, 0.4) is 0 Å². The zero-order valence-electron chi connectivity index (χ0n) is 7.54. The number of rotatable bonds is 1. The molecule has 2 rings (SSSR count). The lowest BCUT2D eigenvalue weighted by atomic mass is 9.90. The Balaban J connectivity index is 2.59. The molecule has 0 unspecified atom stereocenters. The van der Waals surface area contributed by atoms with Gasteiger partial charge in [0.1, 0.15) is 0 Å². The summed E-state index contributed by atoms with van der Waals surface area (Å²) in [5.41, 5.74) is -0.481. The Hall–Kier alpha value is -1.84. The molecule has 0 amide bonds. The molecule has 2 nitrogen and oxygen atoms in total. The van der Waals surface area contributed by atoms with Gasteiger partial charge < -0.3 is 0 Å². The summed E-state index contributed by atoms with van der Waals surface area (Å²) in [5, 5.41) is 0. The number of ketones is 2. The first-order valence-electron chi connectivity index (χ1n) is 4.29. The summed E-state index contributed by atoms with van der Waals surface area (Å²) >= 11 is 0. The van der Waals surface area contributed by atoms with E-state index in [0.717, 1.165) is 6.08 Å². The highest BCUT2D eigenvalue weighted by Gasteiger charge is 2.29. The second-order valence-electron chi connectivity index (χ2n) is 3.14. The number of carbonyl (C=O) groups excluding carboxylic acids is 2. The van der Waals surface area contributed by atoms with Gasteiger partial charge in [0.2, 0.25) is 0 Å². The third kappa shape index (κ3) is 1.48. The van der Waals surface area contributed by atoms with Crippen LogP contribution in [0.15, 0.2) is 35.9 Å². The number of alkyl halides is 2. The van der Waals surface area contributed by atoms with Gasteiger partial charge in [0, 0.05) is 11.1 Å². The average molecular weight is 208 g/mol. The highest BCUT2D eigenvalue weighted by atomic mass is 19.3. The summed E-state index contributed by atoms with van der Waals surface area (Å²) in [6.45, 7) is 0. The zero-order valence-corrected chi connectivity index (χ0v) is 7.54. The van der Waals surface area contributed by atoms with Crippen molar-refractivity contribution in [2.45, 2.75) is 6.43 Å². The van der Waals surface area contributed by atoms with E-state index in [-0.39, 0.29) is 11.1 Å². The van der Waals surface area contributed by atoms with Gasteiger partial charge in [0.05, 0.1) is 5.57 Å². The minimum absolute atomic E-state index is 0.0558. The lowest BCUT2D eigenvalue weighted by Gasteiger charge is -2.13. The van der Waals surface area contributed by atoms with Crippen LogP contribution in [0.1, 0.15) is 20.7 Å². The van der Waals surface area contributed by atoms with E-state index in [1.165, 1.54) is 12.1 Å². The maximum Gasteiger partial charge on any atom is 0.267 e. The fraction of sp³-hybridized carbons (Fsp3) is 0.0909. The van der Waals surface area contributed by atoms with Crippen LogP contribution in [0, 0.1) is 0 Å². The Labute approximate surface area is 84.2 Å². The molecular weight excluding hydrogens is 202 g/mol. The van der Waals surface area contributed by atoms with Gasteiger partial charge in [0.25, 0.3) is 6.43 Å². The Morgan fingerprint density at radius 3 is 2.20 bits per heavy atom. The molecule has 76 valence electrons. The summed E-state index contributed by atoms with van der Waals surface area (Å²) in [5.74, 6) is -1.30. The van der Waals surface area contributed by atoms with E-state index in [4.69, 9.17) is 0 Å². The van der Waals surface area contributed by atoms with Crippen molar-refractivity contribution in [3.05, 3.63) is 47.0 Å². The number of allylic oxidation sites excluding steroid dienone is 2. The van der Waals surface area contributed by atoms with Crippen LogP contribution in [0.5, 0.6) is 0 Å². The van der Waals surface area contributed by atoms with Gasteiger partial charge in [0.15, 0.2) is 11.6 Å². The minimum Gasteiger partial charge on any atom is -0.289 e.